The van der Waals surface area contributed by atoms with Crippen molar-refractivity contribution in [1.82, 2.24) is 4.57 Å². The van der Waals surface area contributed by atoms with Gasteiger partial charge in [0.2, 0.25) is 0 Å². The number of aromatic nitrogens is 1. The van der Waals surface area contributed by atoms with Crippen LogP contribution < -0.4 is 0 Å². The minimum Gasteiger partial charge on any atom is -0.309 e. The molecular weight excluding hydrogens is 819 g/mol. The zero-order chi connectivity index (χ0) is 47.3. The highest BCUT2D eigenvalue weighted by Gasteiger charge is 2.46. The van der Waals surface area contributed by atoms with Crippen molar-refractivity contribution in [2.75, 3.05) is 0 Å². The first-order valence-corrected chi connectivity index (χ1v) is 24.5. The van der Waals surface area contributed by atoms with Crippen LogP contribution in [0.15, 0.2) is 254 Å². The van der Waals surface area contributed by atoms with Gasteiger partial charge < -0.3 is 4.57 Å². The Morgan fingerprint density at radius 3 is 1.79 bits per heavy atom. The first-order chi connectivity index (χ1) is 33.6. The van der Waals surface area contributed by atoms with E-state index in [0.29, 0.717) is 0 Å². The van der Waals surface area contributed by atoms with E-state index in [1.54, 1.807) is 0 Å². The Kier molecular flexibility index (Phi) is 15.2. The molecule has 0 saturated carbocycles. The molecule has 2 aliphatic rings. The summed E-state index contributed by atoms with van der Waals surface area (Å²) in [7, 11) is 0. The van der Waals surface area contributed by atoms with E-state index in [-0.39, 0.29) is 0 Å². The molecule has 1 nitrogen and oxygen atoms in total. The Hall–Kier alpha value is -7.74. The van der Waals surface area contributed by atoms with Crippen LogP contribution in [-0.2, 0) is 5.41 Å². The third-order valence-electron chi connectivity index (χ3n) is 12.9. The molecule has 0 bridgehead atoms. The van der Waals surface area contributed by atoms with Crippen molar-refractivity contribution in [2.45, 2.75) is 59.8 Å². The van der Waals surface area contributed by atoms with Crippen LogP contribution in [0, 0.1) is 6.92 Å². The van der Waals surface area contributed by atoms with E-state index in [1.807, 2.05) is 58.9 Å². The van der Waals surface area contributed by atoms with Crippen molar-refractivity contribution >= 4 is 21.8 Å². The number of hydrogen-bond acceptors (Lipinski definition) is 0. The number of nitrogens with zero attached hydrogens (tertiary/aromatic N) is 1. The minimum absolute atomic E-state index is 0.446. The second-order valence-electron chi connectivity index (χ2n) is 16.7. The number of aryl methyl sites for hydroxylation is 1. The zero-order valence-electron chi connectivity index (χ0n) is 40.5. The summed E-state index contributed by atoms with van der Waals surface area (Å²) >= 11 is 0. The van der Waals surface area contributed by atoms with Gasteiger partial charge in [-0.15, -0.1) is 0 Å². The molecular formula is C67H63N. The Morgan fingerprint density at radius 1 is 0.456 bits per heavy atom. The highest BCUT2D eigenvalue weighted by atomic mass is 15.0. The lowest BCUT2D eigenvalue weighted by atomic mass is 9.67. The summed E-state index contributed by atoms with van der Waals surface area (Å²) in [4.78, 5) is 0. The first kappa shape index (κ1) is 46.8. The lowest BCUT2D eigenvalue weighted by Gasteiger charge is -2.34. The Labute approximate surface area is 405 Å². The molecule has 1 aromatic heterocycles. The fraction of sp³-hybridized carbons (Fsp3) is 0.134. The predicted molar refractivity (Wildman–Crippen MR) is 296 cm³/mol. The molecule has 336 valence electrons. The SMILES string of the molecule is C/C=C/C=C\C=C/C1=CCCC=C1.CC.CC.Cc1ccccc1-c1cccc(-c2ccc3c(c2)c2ccccc2n3-c2ccc3c(c2)C(c2ccccc2)(c2ccccc2)c2ccccc2-3)c1. The zero-order valence-corrected chi connectivity index (χ0v) is 40.5. The molecule has 0 saturated heterocycles. The molecule has 2 aliphatic carbocycles. The summed E-state index contributed by atoms with van der Waals surface area (Å²) in [6.45, 7) is 12.2. The van der Waals surface area contributed by atoms with Gasteiger partial charge in [-0.1, -0.05) is 240 Å². The average Bonchev–Trinajstić information content (AvgIpc) is 3.91. The molecule has 0 atom stereocenters. The van der Waals surface area contributed by atoms with Gasteiger partial charge in [-0.25, -0.2) is 0 Å². The standard InChI is InChI=1S/C50H35N.C13H16.2C2H6/c1-34-15-8-9-22-41(34)37-17-14-16-35(31-37)36-27-30-49-45(32-36)44-24-11-13-26-48(44)51(49)40-28-29-43-42-23-10-12-25-46(42)50(47(43)33-40,38-18-4-2-5-19-38)39-20-6-3-7-21-39;1-2-3-4-5-7-10-13-11-8-6-9-12-13;2*1-2/h2-33H,1H3;2-5,7-8,10-12H,6,9H2,1H3;2*1-2H3/b;3-2+,5-4-,10-7-;;. The van der Waals surface area contributed by atoms with Crippen LogP contribution in [0.2, 0.25) is 0 Å². The molecule has 1 heteroatoms. The number of benzene rings is 8. The third-order valence-corrected chi connectivity index (χ3v) is 12.9. The summed E-state index contributed by atoms with van der Waals surface area (Å²) in [5.41, 5.74) is 18.5. The van der Waals surface area contributed by atoms with Crippen LogP contribution in [-0.4, -0.2) is 4.57 Å². The van der Waals surface area contributed by atoms with Gasteiger partial charge in [0.25, 0.3) is 0 Å². The van der Waals surface area contributed by atoms with E-state index < -0.39 is 5.41 Å². The first-order valence-electron chi connectivity index (χ1n) is 24.5. The fourth-order valence-corrected chi connectivity index (χ4v) is 9.93. The second kappa shape index (κ2) is 22.2. The highest BCUT2D eigenvalue weighted by Crippen LogP contribution is 2.56. The minimum atomic E-state index is -0.446. The molecule has 68 heavy (non-hydrogen) atoms. The molecule has 1 heterocycles. The Bertz CT molecular complexity index is 3240. The number of para-hydroxylation sites is 1. The second-order valence-corrected chi connectivity index (χ2v) is 16.7. The molecule has 11 rings (SSSR count). The van der Waals surface area contributed by atoms with Crippen molar-refractivity contribution in [3.63, 3.8) is 0 Å². The van der Waals surface area contributed by atoms with Crippen LogP contribution in [0.1, 0.15) is 75.3 Å². The van der Waals surface area contributed by atoms with E-state index in [4.69, 9.17) is 0 Å². The van der Waals surface area contributed by atoms with Crippen molar-refractivity contribution in [2.24, 2.45) is 0 Å². The van der Waals surface area contributed by atoms with Crippen LogP contribution in [0.4, 0.5) is 0 Å². The van der Waals surface area contributed by atoms with Crippen molar-refractivity contribution in [3.8, 4) is 39.1 Å². The summed E-state index contributed by atoms with van der Waals surface area (Å²) in [6.07, 6.45) is 21.3. The quantitative estimate of drug-likeness (QED) is 0.134. The smallest absolute Gasteiger partial charge is 0.0714 e. The van der Waals surface area contributed by atoms with Crippen LogP contribution >= 0.6 is 0 Å². The molecule has 0 unspecified atom stereocenters. The number of fused-ring (bicyclic) bond motifs is 6. The van der Waals surface area contributed by atoms with Gasteiger partial charge in [-0.2, -0.15) is 0 Å². The van der Waals surface area contributed by atoms with Gasteiger partial charge in [0.05, 0.1) is 16.4 Å². The predicted octanol–water partition coefficient (Wildman–Crippen LogP) is 18.8. The molecule has 0 aliphatic heterocycles. The topological polar surface area (TPSA) is 4.93 Å². The maximum absolute atomic E-state index is 2.46. The molecule has 0 fully saturated rings. The van der Waals surface area contributed by atoms with Gasteiger partial charge in [0.15, 0.2) is 0 Å². The maximum atomic E-state index is 2.46. The largest absolute Gasteiger partial charge is 0.309 e. The van der Waals surface area contributed by atoms with E-state index in [2.05, 4.69) is 236 Å². The number of allylic oxidation sites excluding steroid dienone is 10. The van der Waals surface area contributed by atoms with E-state index in [9.17, 15) is 0 Å². The molecule has 8 aromatic carbocycles. The lowest BCUT2D eigenvalue weighted by molar-refractivity contribution is 0.767. The van der Waals surface area contributed by atoms with Gasteiger partial charge in [-0.05, 0) is 130 Å². The fourth-order valence-electron chi connectivity index (χ4n) is 9.93. The lowest BCUT2D eigenvalue weighted by Crippen LogP contribution is -2.28. The van der Waals surface area contributed by atoms with Crippen molar-refractivity contribution < 1.29 is 0 Å². The Morgan fingerprint density at radius 2 is 1.07 bits per heavy atom. The molecule has 0 spiro atoms. The summed E-state index contributed by atoms with van der Waals surface area (Å²) in [5, 5.41) is 2.51. The third kappa shape index (κ3) is 9.18. The molecule has 9 aromatic rings. The van der Waals surface area contributed by atoms with E-state index in [0.717, 1.165) is 0 Å². The van der Waals surface area contributed by atoms with Gasteiger partial charge in [0, 0.05) is 16.5 Å². The molecule has 0 N–H and O–H groups in total. The van der Waals surface area contributed by atoms with Crippen LogP contribution in [0.25, 0.3) is 60.9 Å². The average molecular weight is 882 g/mol. The number of hydrogen-bond donors (Lipinski definition) is 0. The van der Waals surface area contributed by atoms with Crippen LogP contribution in [0.5, 0.6) is 0 Å². The summed E-state index contributed by atoms with van der Waals surface area (Å²) < 4.78 is 2.46. The van der Waals surface area contributed by atoms with Gasteiger partial charge in [-0.3, -0.25) is 0 Å². The molecule has 0 radical (unpaired) electrons. The summed E-state index contributed by atoms with van der Waals surface area (Å²) in [5.74, 6) is 0. The van der Waals surface area contributed by atoms with Crippen molar-refractivity contribution in [1.29, 1.82) is 0 Å². The monoisotopic (exact) mass is 881 g/mol. The van der Waals surface area contributed by atoms with Crippen molar-refractivity contribution in [3.05, 3.63) is 282 Å². The maximum Gasteiger partial charge on any atom is 0.0714 e. The summed E-state index contributed by atoms with van der Waals surface area (Å²) in [6, 6.07) is 71.6. The molecule has 0 amide bonds. The highest BCUT2D eigenvalue weighted by molar-refractivity contribution is 6.10. The number of rotatable bonds is 8. The normalized spacial score (nSPS) is 13.3. The Balaban J connectivity index is 0.000000316. The van der Waals surface area contributed by atoms with E-state index >= 15 is 0 Å². The van der Waals surface area contributed by atoms with E-state index in [1.165, 1.54) is 107 Å². The van der Waals surface area contributed by atoms with Gasteiger partial charge >= 0.3 is 0 Å². The van der Waals surface area contributed by atoms with Crippen LogP contribution in [0.3, 0.4) is 0 Å². The van der Waals surface area contributed by atoms with Gasteiger partial charge in [0.1, 0.15) is 0 Å².